The Bertz CT molecular complexity index is 618. The van der Waals surface area contributed by atoms with Crippen molar-refractivity contribution >= 4 is 37.6 Å². The number of ketones is 1. The van der Waals surface area contributed by atoms with E-state index in [1.807, 2.05) is 11.9 Å². The zero-order valence-electron chi connectivity index (χ0n) is 13.3. The number of Topliss-reactive ketones (excluding diaryl/α,β-unsaturated/α-hetero) is 1. The molecule has 0 aliphatic carbocycles. The van der Waals surface area contributed by atoms with Crippen molar-refractivity contribution < 1.29 is 13.2 Å². The zero-order valence-corrected chi connectivity index (χ0v) is 14.9. The number of thiophene rings is 1. The van der Waals surface area contributed by atoms with Gasteiger partial charge in [-0.2, -0.15) is 0 Å². The summed E-state index contributed by atoms with van der Waals surface area (Å²) in [6.45, 7) is 8.14. The molecule has 0 aromatic carbocycles. The number of carbonyl (C=O) groups excluding carboxylic acids is 1. The fourth-order valence-corrected chi connectivity index (χ4v) is 4.93. The third-order valence-corrected chi connectivity index (χ3v) is 6.42. The van der Waals surface area contributed by atoms with Crippen molar-refractivity contribution in [2.45, 2.75) is 39.0 Å². The van der Waals surface area contributed by atoms with Crippen LogP contribution in [0.15, 0.2) is 4.90 Å². The number of nitrogens with two attached hydrogens (primary N) is 1. The molecule has 0 atom stereocenters. The normalized spacial score (nSPS) is 11.9. The molecule has 1 aromatic rings. The van der Waals surface area contributed by atoms with Gasteiger partial charge in [-0.05, 0) is 5.92 Å². The molecule has 0 bridgehead atoms. The summed E-state index contributed by atoms with van der Waals surface area (Å²) in [5.41, 5.74) is 6.11. The van der Waals surface area contributed by atoms with E-state index < -0.39 is 9.84 Å². The van der Waals surface area contributed by atoms with Gasteiger partial charge in [-0.25, -0.2) is 8.42 Å². The van der Waals surface area contributed by atoms with Gasteiger partial charge in [0.1, 0.15) is 9.90 Å². The molecule has 0 spiro atoms. The second kappa shape index (κ2) is 6.79. The predicted octanol–water partition coefficient (Wildman–Crippen LogP) is 2.81. The van der Waals surface area contributed by atoms with E-state index in [2.05, 4.69) is 13.8 Å². The Morgan fingerprint density at radius 3 is 2.33 bits per heavy atom. The molecule has 0 aliphatic heterocycles. The topological polar surface area (TPSA) is 80.5 Å². The summed E-state index contributed by atoms with van der Waals surface area (Å²) in [7, 11) is -1.64. The molecule has 1 heterocycles. The summed E-state index contributed by atoms with van der Waals surface area (Å²) in [5.74, 6) is 0.228. The molecule has 2 N–H and O–H groups in total. The lowest BCUT2D eigenvalue weighted by molar-refractivity contribution is 0.0992. The van der Waals surface area contributed by atoms with Gasteiger partial charge in [-0.1, -0.05) is 27.7 Å². The van der Waals surface area contributed by atoms with Crippen molar-refractivity contribution in [1.29, 1.82) is 0 Å². The van der Waals surface area contributed by atoms with Gasteiger partial charge in [0, 0.05) is 20.0 Å². The molecule has 0 saturated heterocycles. The SMILES string of the molecule is CCC(=O)c1sc(N(C)CC(C)C)c(S(=O)(=O)CC)c1N. The molecule has 5 nitrogen and oxygen atoms in total. The molecule has 0 aliphatic rings. The first-order valence-electron chi connectivity index (χ1n) is 7.04. The Labute approximate surface area is 131 Å². The molecule has 1 rings (SSSR count). The molecule has 0 saturated carbocycles. The number of hydrogen-bond donors (Lipinski definition) is 1. The number of rotatable bonds is 7. The standard InChI is InChI=1S/C14H24N2O3S2/c1-6-10(17)12-11(15)13(21(18,19)7-2)14(20-12)16(5)8-9(3)4/h9H,6-8,15H2,1-5H3. The molecule has 7 heteroatoms. The highest BCUT2D eigenvalue weighted by Gasteiger charge is 2.29. The minimum atomic E-state index is -3.47. The Balaban J connectivity index is 3.51. The van der Waals surface area contributed by atoms with Gasteiger partial charge < -0.3 is 10.6 Å². The Morgan fingerprint density at radius 1 is 1.33 bits per heavy atom. The van der Waals surface area contributed by atoms with E-state index in [4.69, 9.17) is 5.73 Å². The summed E-state index contributed by atoms with van der Waals surface area (Å²) in [5, 5.41) is 0.569. The Kier molecular flexibility index (Phi) is 5.81. The number of anilines is 2. The van der Waals surface area contributed by atoms with Gasteiger partial charge in [0.25, 0.3) is 0 Å². The molecule has 0 fully saturated rings. The largest absolute Gasteiger partial charge is 0.396 e. The summed E-state index contributed by atoms with van der Waals surface area (Å²) in [6, 6.07) is 0. The van der Waals surface area contributed by atoms with Gasteiger partial charge in [-0.3, -0.25) is 4.79 Å². The van der Waals surface area contributed by atoms with Crippen molar-refractivity contribution in [1.82, 2.24) is 0 Å². The van der Waals surface area contributed by atoms with Gasteiger partial charge in [-0.15, -0.1) is 11.3 Å². The zero-order chi connectivity index (χ0) is 16.4. The molecule has 21 heavy (non-hydrogen) atoms. The van der Waals surface area contributed by atoms with Crippen molar-refractivity contribution in [3.63, 3.8) is 0 Å². The van der Waals surface area contributed by atoms with E-state index >= 15 is 0 Å². The minimum Gasteiger partial charge on any atom is -0.396 e. The fraction of sp³-hybridized carbons (Fsp3) is 0.643. The van der Waals surface area contributed by atoms with E-state index in [9.17, 15) is 13.2 Å². The van der Waals surface area contributed by atoms with E-state index in [0.717, 1.165) is 0 Å². The first-order chi connectivity index (χ1) is 9.65. The van der Waals surface area contributed by atoms with Crippen LogP contribution in [0, 0.1) is 5.92 Å². The highest BCUT2D eigenvalue weighted by Crippen LogP contribution is 2.42. The van der Waals surface area contributed by atoms with E-state index in [0.29, 0.717) is 28.8 Å². The maximum atomic E-state index is 12.3. The van der Waals surface area contributed by atoms with Crippen LogP contribution in [0.1, 0.15) is 43.8 Å². The van der Waals surface area contributed by atoms with Crippen molar-refractivity contribution in [3.05, 3.63) is 4.88 Å². The third-order valence-electron chi connectivity index (χ3n) is 3.13. The minimum absolute atomic E-state index is 0.0315. The first kappa shape index (κ1) is 18.0. The van der Waals surface area contributed by atoms with Gasteiger partial charge in [0.2, 0.25) is 0 Å². The molecular formula is C14H24N2O3S2. The molecular weight excluding hydrogens is 308 g/mol. The fourth-order valence-electron chi connectivity index (χ4n) is 2.11. The van der Waals surface area contributed by atoms with Crippen LogP contribution >= 0.6 is 11.3 Å². The van der Waals surface area contributed by atoms with Crippen LogP contribution in [0.2, 0.25) is 0 Å². The quantitative estimate of drug-likeness (QED) is 0.777. The van der Waals surface area contributed by atoms with Crippen LogP contribution in [0.3, 0.4) is 0 Å². The van der Waals surface area contributed by atoms with E-state index in [1.54, 1.807) is 13.8 Å². The summed E-state index contributed by atoms with van der Waals surface area (Å²) >= 11 is 1.18. The van der Waals surface area contributed by atoms with Crippen molar-refractivity contribution in [3.8, 4) is 0 Å². The predicted molar refractivity (Wildman–Crippen MR) is 89.2 cm³/mol. The van der Waals surface area contributed by atoms with Crippen molar-refractivity contribution in [2.24, 2.45) is 5.92 Å². The smallest absolute Gasteiger partial charge is 0.183 e. The molecule has 0 amide bonds. The number of hydrogen-bond acceptors (Lipinski definition) is 6. The highest BCUT2D eigenvalue weighted by molar-refractivity contribution is 7.92. The number of sulfone groups is 1. The number of nitrogens with zero attached hydrogens (tertiary/aromatic N) is 1. The first-order valence-corrected chi connectivity index (χ1v) is 9.51. The Hall–Kier alpha value is -1.08. The van der Waals surface area contributed by atoms with Crippen LogP contribution in [0.4, 0.5) is 10.7 Å². The molecule has 0 radical (unpaired) electrons. The van der Waals surface area contributed by atoms with Crippen molar-refractivity contribution in [2.75, 3.05) is 30.0 Å². The average molecular weight is 332 g/mol. The Morgan fingerprint density at radius 2 is 1.90 bits per heavy atom. The van der Waals surface area contributed by atoms with Crippen LogP contribution < -0.4 is 10.6 Å². The monoisotopic (exact) mass is 332 g/mol. The lowest BCUT2D eigenvalue weighted by atomic mass is 10.2. The highest BCUT2D eigenvalue weighted by atomic mass is 32.2. The maximum absolute atomic E-state index is 12.3. The number of carbonyl (C=O) groups is 1. The molecule has 0 unspecified atom stereocenters. The molecule has 120 valence electrons. The van der Waals surface area contributed by atoms with Crippen LogP contribution in [0.5, 0.6) is 0 Å². The lowest BCUT2D eigenvalue weighted by Crippen LogP contribution is -2.23. The summed E-state index contributed by atoms with van der Waals surface area (Å²) in [4.78, 5) is 14.3. The summed E-state index contributed by atoms with van der Waals surface area (Å²) < 4.78 is 24.7. The second-order valence-electron chi connectivity index (χ2n) is 5.43. The van der Waals surface area contributed by atoms with E-state index in [-0.39, 0.29) is 22.1 Å². The van der Waals surface area contributed by atoms with Crippen LogP contribution in [-0.4, -0.2) is 33.5 Å². The third kappa shape index (κ3) is 3.77. The van der Waals surface area contributed by atoms with Gasteiger partial charge >= 0.3 is 0 Å². The van der Waals surface area contributed by atoms with Gasteiger partial charge in [0.15, 0.2) is 15.6 Å². The lowest BCUT2D eigenvalue weighted by Gasteiger charge is -2.21. The van der Waals surface area contributed by atoms with Gasteiger partial charge in [0.05, 0.1) is 16.3 Å². The van der Waals surface area contributed by atoms with Crippen LogP contribution in [-0.2, 0) is 9.84 Å². The van der Waals surface area contributed by atoms with E-state index in [1.165, 1.54) is 11.3 Å². The summed E-state index contributed by atoms with van der Waals surface area (Å²) in [6.07, 6.45) is 0.309. The van der Waals surface area contributed by atoms with Crippen LogP contribution in [0.25, 0.3) is 0 Å². The average Bonchev–Trinajstić information content (AvgIpc) is 2.75. The number of nitrogen functional groups attached to an aromatic ring is 1. The second-order valence-corrected chi connectivity index (χ2v) is 8.65. The molecule has 1 aromatic heterocycles. The maximum Gasteiger partial charge on any atom is 0.183 e.